The van der Waals surface area contributed by atoms with Gasteiger partial charge in [-0.05, 0) is 38.6 Å². The van der Waals surface area contributed by atoms with E-state index >= 15 is 0 Å². The summed E-state index contributed by atoms with van der Waals surface area (Å²) in [6, 6.07) is 0.937. The van der Waals surface area contributed by atoms with Crippen molar-refractivity contribution in [1.29, 1.82) is 0 Å². The Kier molecular flexibility index (Phi) is 5.40. The van der Waals surface area contributed by atoms with Crippen LogP contribution in [0.1, 0.15) is 63.6 Å². The van der Waals surface area contributed by atoms with Gasteiger partial charge in [0, 0.05) is 24.9 Å². The topological polar surface area (TPSA) is 39.1 Å². The molecule has 1 aromatic heterocycles. The van der Waals surface area contributed by atoms with Gasteiger partial charge in [-0.1, -0.05) is 13.8 Å². The van der Waals surface area contributed by atoms with Gasteiger partial charge in [-0.3, -0.25) is 4.68 Å². The van der Waals surface area contributed by atoms with E-state index in [9.17, 15) is 0 Å². The molecule has 0 radical (unpaired) electrons. The van der Waals surface area contributed by atoms with Gasteiger partial charge in [0.05, 0.1) is 18.3 Å². The van der Waals surface area contributed by atoms with E-state index in [0.29, 0.717) is 18.2 Å². The second kappa shape index (κ2) is 7.06. The monoisotopic (exact) mass is 265 g/mol. The summed E-state index contributed by atoms with van der Waals surface area (Å²) in [6.07, 6.45) is 10.5. The Morgan fingerprint density at radius 1 is 1.47 bits per heavy atom. The van der Waals surface area contributed by atoms with Gasteiger partial charge in [0.25, 0.3) is 0 Å². The molecule has 1 aliphatic rings. The molecule has 3 atom stereocenters. The van der Waals surface area contributed by atoms with Crippen LogP contribution < -0.4 is 5.32 Å². The lowest BCUT2D eigenvalue weighted by Crippen LogP contribution is -2.24. The minimum absolute atomic E-state index is 0.405. The molecule has 4 heteroatoms. The van der Waals surface area contributed by atoms with E-state index in [-0.39, 0.29) is 0 Å². The maximum atomic E-state index is 5.50. The summed E-state index contributed by atoms with van der Waals surface area (Å²) in [5.41, 5.74) is 1.31. The van der Waals surface area contributed by atoms with E-state index < -0.39 is 0 Å². The predicted molar refractivity (Wildman–Crippen MR) is 77.2 cm³/mol. The molecule has 2 rings (SSSR count). The summed E-state index contributed by atoms with van der Waals surface area (Å²) < 4.78 is 7.66. The smallest absolute Gasteiger partial charge is 0.0591 e. The van der Waals surface area contributed by atoms with E-state index in [2.05, 4.69) is 35.1 Å². The van der Waals surface area contributed by atoms with Crippen LogP contribution in [-0.2, 0) is 4.74 Å². The molecule has 4 nitrogen and oxygen atoms in total. The van der Waals surface area contributed by atoms with Gasteiger partial charge in [0.2, 0.25) is 0 Å². The van der Waals surface area contributed by atoms with Crippen LogP contribution in [0.4, 0.5) is 0 Å². The van der Waals surface area contributed by atoms with Gasteiger partial charge in [0.15, 0.2) is 0 Å². The molecule has 1 fully saturated rings. The fourth-order valence-corrected chi connectivity index (χ4v) is 3.05. The van der Waals surface area contributed by atoms with Crippen molar-refractivity contribution in [3.8, 4) is 0 Å². The summed E-state index contributed by atoms with van der Waals surface area (Å²) in [5, 5.41) is 8.09. The molecule has 1 N–H and O–H groups in total. The molecular weight excluding hydrogens is 238 g/mol. The maximum Gasteiger partial charge on any atom is 0.0591 e. The van der Waals surface area contributed by atoms with Crippen molar-refractivity contribution in [2.75, 3.05) is 13.7 Å². The highest BCUT2D eigenvalue weighted by atomic mass is 16.5. The van der Waals surface area contributed by atoms with Crippen LogP contribution in [0.2, 0.25) is 0 Å². The van der Waals surface area contributed by atoms with E-state index in [1.54, 1.807) is 0 Å². The molecule has 3 unspecified atom stereocenters. The molecule has 0 amide bonds. The Morgan fingerprint density at radius 3 is 3.00 bits per heavy atom. The number of nitrogens with one attached hydrogen (secondary N) is 1. The zero-order valence-electron chi connectivity index (χ0n) is 12.4. The Labute approximate surface area is 116 Å². The zero-order valence-corrected chi connectivity index (χ0v) is 12.4. The highest BCUT2D eigenvalue weighted by Crippen LogP contribution is 2.30. The third-order valence-electron chi connectivity index (χ3n) is 4.19. The Hall–Kier alpha value is -0.870. The first-order valence-corrected chi connectivity index (χ1v) is 7.58. The largest absolute Gasteiger partial charge is 0.381 e. The second-order valence-corrected chi connectivity index (χ2v) is 5.45. The van der Waals surface area contributed by atoms with Crippen LogP contribution in [0.5, 0.6) is 0 Å². The van der Waals surface area contributed by atoms with Gasteiger partial charge in [0.1, 0.15) is 0 Å². The minimum atomic E-state index is 0.405. The Bertz CT molecular complexity index is 377. The SMILES string of the molecule is CCNC(CC)c1cnn(C2CCCC(OC)C2)c1. The summed E-state index contributed by atoms with van der Waals surface area (Å²) in [6.45, 7) is 5.36. The maximum absolute atomic E-state index is 5.50. The van der Waals surface area contributed by atoms with E-state index in [0.717, 1.165) is 19.4 Å². The van der Waals surface area contributed by atoms with E-state index in [1.807, 2.05) is 13.3 Å². The molecule has 1 aromatic rings. The lowest BCUT2D eigenvalue weighted by atomic mass is 9.93. The van der Waals surface area contributed by atoms with E-state index in [4.69, 9.17) is 4.74 Å². The highest BCUT2D eigenvalue weighted by molar-refractivity contribution is 5.10. The molecule has 1 saturated carbocycles. The van der Waals surface area contributed by atoms with Crippen LogP contribution in [-0.4, -0.2) is 29.5 Å². The van der Waals surface area contributed by atoms with Crippen LogP contribution in [0, 0.1) is 0 Å². The van der Waals surface area contributed by atoms with Crippen molar-refractivity contribution in [2.45, 2.75) is 64.1 Å². The zero-order chi connectivity index (χ0) is 13.7. The van der Waals surface area contributed by atoms with Crippen LogP contribution in [0.3, 0.4) is 0 Å². The summed E-state index contributed by atoms with van der Waals surface area (Å²) in [5.74, 6) is 0. The molecular formula is C15H27N3O. The van der Waals surface area contributed by atoms with Crippen molar-refractivity contribution in [1.82, 2.24) is 15.1 Å². The molecule has 1 aliphatic carbocycles. The number of methoxy groups -OCH3 is 1. The molecule has 108 valence electrons. The summed E-state index contributed by atoms with van der Waals surface area (Å²) >= 11 is 0. The quantitative estimate of drug-likeness (QED) is 0.859. The molecule has 1 heterocycles. The first kappa shape index (κ1) is 14.5. The van der Waals surface area contributed by atoms with Gasteiger partial charge in [-0.25, -0.2) is 0 Å². The number of hydrogen-bond donors (Lipinski definition) is 1. The van der Waals surface area contributed by atoms with Gasteiger partial charge in [-0.15, -0.1) is 0 Å². The minimum Gasteiger partial charge on any atom is -0.381 e. The van der Waals surface area contributed by atoms with Gasteiger partial charge in [-0.2, -0.15) is 5.10 Å². The van der Waals surface area contributed by atoms with Gasteiger partial charge < -0.3 is 10.1 Å². The van der Waals surface area contributed by atoms with E-state index in [1.165, 1.54) is 24.8 Å². The molecule has 0 bridgehead atoms. The standard InChI is InChI=1S/C15H27N3O/c1-4-15(16-5-2)12-10-17-18(11-12)13-7-6-8-14(9-13)19-3/h10-11,13-16H,4-9H2,1-3H3. The summed E-state index contributed by atoms with van der Waals surface area (Å²) in [4.78, 5) is 0. The molecule has 0 saturated heterocycles. The van der Waals surface area contributed by atoms with Crippen molar-refractivity contribution in [3.63, 3.8) is 0 Å². The Balaban J connectivity index is 2.03. The number of aromatic nitrogens is 2. The fourth-order valence-electron chi connectivity index (χ4n) is 3.05. The van der Waals surface area contributed by atoms with Crippen LogP contribution in [0.15, 0.2) is 12.4 Å². The third-order valence-corrected chi connectivity index (χ3v) is 4.19. The van der Waals surface area contributed by atoms with Crippen LogP contribution >= 0.6 is 0 Å². The van der Waals surface area contributed by atoms with Crippen molar-refractivity contribution < 1.29 is 4.74 Å². The first-order valence-electron chi connectivity index (χ1n) is 7.58. The summed E-state index contributed by atoms with van der Waals surface area (Å²) in [7, 11) is 1.82. The second-order valence-electron chi connectivity index (χ2n) is 5.45. The number of rotatable bonds is 6. The average molecular weight is 265 g/mol. The number of hydrogen-bond acceptors (Lipinski definition) is 3. The number of nitrogens with zero attached hydrogens (tertiary/aromatic N) is 2. The normalized spacial score (nSPS) is 25.4. The highest BCUT2D eigenvalue weighted by Gasteiger charge is 2.24. The molecule has 0 aromatic carbocycles. The van der Waals surface area contributed by atoms with Gasteiger partial charge >= 0.3 is 0 Å². The van der Waals surface area contributed by atoms with Crippen molar-refractivity contribution in [3.05, 3.63) is 18.0 Å². The third kappa shape index (κ3) is 3.57. The fraction of sp³-hybridized carbons (Fsp3) is 0.800. The molecule has 19 heavy (non-hydrogen) atoms. The lowest BCUT2D eigenvalue weighted by Gasteiger charge is -2.28. The van der Waals surface area contributed by atoms with Crippen molar-refractivity contribution in [2.24, 2.45) is 0 Å². The Morgan fingerprint density at radius 2 is 2.32 bits per heavy atom. The van der Waals surface area contributed by atoms with Crippen LogP contribution in [0.25, 0.3) is 0 Å². The average Bonchev–Trinajstić information content (AvgIpc) is 2.94. The molecule has 0 aliphatic heterocycles. The predicted octanol–water partition coefficient (Wildman–Crippen LogP) is 3.07. The molecule has 0 spiro atoms. The lowest BCUT2D eigenvalue weighted by molar-refractivity contribution is 0.0508. The number of ether oxygens (including phenoxy) is 1. The first-order chi connectivity index (χ1) is 9.28. The van der Waals surface area contributed by atoms with Crippen molar-refractivity contribution >= 4 is 0 Å².